The predicted octanol–water partition coefficient (Wildman–Crippen LogP) is 2.71. The van der Waals surface area contributed by atoms with Crippen molar-refractivity contribution in [2.24, 2.45) is 7.05 Å². The molecule has 0 bridgehead atoms. The Labute approximate surface area is 179 Å². The first kappa shape index (κ1) is 20.7. The number of rotatable bonds is 6. The summed E-state index contributed by atoms with van der Waals surface area (Å²) in [6, 6.07) is 8.63. The zero-order valence-electron chi connectivity index (χ0n) is 17.8. The summed E-state index contributed by atoms with van der Waals surface area (Å²) in [5, 5.41) is 8.05. The summed E-state index contributed by atoms with van der Waals surface area (Å²) in [6.45, 7) is 1.11. The van der Waals surface area contributed by atoms with Crippen LogP contribution in [-0.2, 0) is 26.6 Å². The number of hydrogen-bond acceptors (Lipinski definition) is 4. The Morgan fingerprint density at radius 3 is 2.35 bits per heavy atom. The van der Waals surface area contributed by atoms with Crippen LogP contribution in [0.3, 0.4) is 0 Å². The monoisotopic (exact) mass is 424 g/mol. The van der Waals surface area contributed by atoms with E-state index in [1.807, 2.05) is 12.1 Å². The lowest BCUT2D eigenvalue weighted by molar-refractivity contribution is 0.0726. The van der Waals surface area contributed by atoms with E-state index < -0.39 is 0 Å². The number of aryl methyl sites for hydroxylation is 1. The van der Waals surface area contributed by atoms with Gasteiger partial charge in [0.25, 0.3) is 5.91 Å². The largest absolute Gasteiger partial charge is 0.497 e. The molecule has 1 aromatic heterocycles. The number of nitrogens with one attached hydrogen (secondary N) is 1. The van der Waals surface area contributed by atoms with Gasteiger partial charge in [0, 0.05) is 49.7 Å². The first-order chi connectivity index (χ1) is 14.9. The molecule has 1 N–H and O–H groups in total. The van der Waals surface area contributed by atoms with Gasteiger partial charge in [-0.05, 0) is 41.8 Å². The highest BCUT2D eigenvalue weighted by Gasteiger charge is 2.26. The molecule has 1 aliphatic rings. The highest BCUT2D eigenvalue weighted by molar-refractivity contribution is 5.97. The maximum Gasteiger partial charge on any atom is 0.254 e. The first-order valence-corrected chi connectivity index (χ1v) is 9.98. The number of fused-ring (bicyclic) bond motifs is 1. The van der Waals surface area contributed by atoms with Gasteiger partial charge in [0.05, 0.1) is 20.8 Å². The number of nitrogens with zero attached hydrogens (tertiary/aromatic N) is 3. The Bertz CT molecular complexity index is 1180. The summed E-state index contributed by atoms with van der Waals surface area (Å²) in [5.74, 6) is 0.839. The van der Waals surface area contributed by atoms with Gasteiger partial charge in [-0.3, -0.25) is 10.2 Å². The molecule has 7 nitrogen and oxygen atoms in total. The van der Waals surface area contributed by atoms with Gasteiger partial charge in [0.1, 0.15) is 17.3 Å². The number of carbonyl (C=O) groups is 1. The van der Waals surface area contributed by atoms with Gasteiger partial charge in [-0.2, -0.15) is 0 Å². The molecule has 0 radical (unpaired) electrons. The third-order valence-electron chi connectivity index (χ3n) is 5.64. The standard InChI is InChI=1S/C23H25FN4O3/c1-26-6-7-28(23(26)25)14-17-10-20-16(11-21(17)24)4-5-27(22(20)29)13-15-8-18(30-2)12-19(9-15)31-3/h6-12,25H,4-5,13-14H2,1-3H3. The fourth-order valence-electron chi connectivity index (χ4n) is 3.88. The Hall–Kier alpha value is -3.55. The van der Waals surface area contributed by atoms with E-state index in [2.05, 4.69) is 0 Å². The van der Waals surface area contributed by atoms with E-state index >= 15 is 0 Å². The Kier molecular flexibility index (Phi) is 5.54. The molecule has 0 saturated heterocycles. The van der Waals surface area contributed by atoms with Crippen molar-refractivity contribution >= 4 is 5.91 Å². The minimum atomic E-state index is -0.353. The van der Waals surface area contributed by atoms with Gasteiger partial charge in [-0.25, -0.2) is 4.39 Å². The molecule has 4 rings (SSSR count). The van der Waals surface area contributed by atoms with Crippen LogP contribution in [0.1, 0.15) is 27.0 Å². The van der Waals surface area contributed by atoms with Crippen molar-refractivity contribution in [3.05, 3.63) is 76.4 Å². The molecule has 8 heteroatoms. The van der Waals surface area contributed by atoms with Crippen molar-refractivity contribution in [1.82, 2.24) is 14.0 Å². The molecule has 1 amide bonds. The molecule has 3 aromatic rings. The molecule has 2 heterocycles. The second-order valence-electron chi connectivity index (χ2n) is 7.66. The zero-order valence-corrected chi connectivity index (χ0v) is 17.8. The molecule has 0 unspecified atom stereocenters. The lowest BCUT2D eigenvalue weighted by Gasteiger charge is -2.29. The van der Waals surface area contributed by atoms with Crippen LogP contribution in [0.25, 0.3) is 0 Å². The average molecular weight is 424 g/mol. The molecule has 0 atom stereocenters. The van der Waals surface area contributed by atoms with Crippen molar-refractivity contribution in [3.8, 4) is 11.5 Å². The number of amides is 1. The second kappa shape index (κ2) is 8.29. The first-order valence-electron chi connectivity index (χ1n) is 9.98. The fourth-order valence-corrected chi connectivity index (χ4v) is 3.88. The highest BCUT2D eigenvalue weighted by atomic mass is 19.1. The van der Waals surface area contributed by atoms with Gasteiger partial charge in [0.2, 0.25) is 5.62 Å². The van der Waals surface area contributed by atoms with E-state index in [9.17, 15) is 9.18 Å². The van der Waals surface area contributed by atoms with Crippen LogP contribution >= 0.6 is 0 Å². The van der Waals surface area contributed by atoms with Crippen LogP contribution in [0.2, 0.25) is 0 Å². The quantitative estimate of drug-likeness (QED) is 0.661. The summed E-state index contributed by atoms with van der Waals surface area (Å²) < 4.78 is 28.6. The minimum absolute atomic E-state index is 0.131. The molecule has 31 heavy (non-hydrogen) atoms. The number of methoxy groups -OCH3 is 2. The molecule has 0 aliphatic carbocycles. The van der Waals surface area contributed by atoms with E-state index in [0.29, 0.717) is 42.1 Å². The van der Waals surface area contributed by atoms with Crippen LogP contribution in [0.15, 0.2) is 42.7 Å². The van der Waals surface area contributed by atoms with Gasteiger partial charge < -0.3 is 23.5 Å². The van der Waals surface area contributed by atoms with Crippen LogP contribution < -0.4 is 15.1 Å². The van der Waals surface area contributed by atoms with E-state index in [1.165, 1.54) is 6.07 Å². The maximum absolute atomic E-state index is 14.7. The van der Waals surface area contributed by atoms with Crippen LogP contribution in [0.5, 0.6) is 11.5 Å². The number of benzene rings is 2. The molecule has 0 fully saturated rings. The number of halogens is 1. The summed E-state index contributed by atoms with van der Waals surface area (Å²) in [6.07, 6.45) is 4.06. The number of ether oxygens (including phenoxy) is 2. The van der Waals surface area contributed by atoms with Crippen molar-refractivity contribution < 1.29 is 18.7 Å². The smallest absolute Gasteiger partial charge is 0.254 e. The predicted molar refractivity (Wildman–Crippen MR) is 113 cm³/mol. The van der Waals surface area contributed by atoms with Crippen LogP contribution in [-0.4, -0.2) is 40.7 Å². The number of aromatic nitrogens is 2. The van der Waals surface area contributed by atoms with Crippen LogP contribution in [0, 0.1) is 11.2 Å². The van der Waals surface area contributed by atoms with Crippen molar-refractivity contribution in [1.29, 1.82) is 5.41 Å². The van der Waals surface area contributed by atoms with Crippen LogP contribution in [0.4, 0.5) is 4.39 Å². The highest BCUT2D eigenvalue weighted by Crippen LogP contribution is 2.27. The Balaban J connectivity index is 1.61. The van der Waals surface area contributed by atoms with Crippen molar-refractivity contribution in [2.45, 2.75) is 19.5 Å². The van der Waals surface area contributed by atoms with E-state index in [-0.39, 0.29) is 23.9 Å². The topological polar surface area (TPSA) is 72.5 Å². The fraction of sp³-hybridized carbons (Fsp3) is 0.304. The van der Waals surface area contributed by atoms with Gasteiger partial charge >= 0.3 is 0 Å². The molecular formula is C23H25FN4O3. The lowest BCUT2D eigenvalue weighted by Crippen LogP contribution is -2.37. The lowest BCUT2D eigenvalue weighted by atomic mass is 9.95. The third kappa shape index (κ3) is 4.05. The molecule has 1 aliphatic heterocycles. The van der Waals surface area contributed by atoms with E-state index in [1.54, 1.807) is 59.8 Å². The zero-order chi connectivity index (χ0) is 22.1. The summed E-state index contributed by atoms with van der Waals surface area (Å²) in [7, 11) is 4.94. The van der Waals surface area contributed by atoms with Gasteiger partial charge in [-0.15, -0.1) is 0 Å². The van der Waals surface area contributed by atoms with E-state index in [0.717, 1.165) is 11.1 Å². The van der Waals surface area contributed by atoms with Gasteiger partial charge in [0.15, 0.2) is 0 Å². The molecule has 2 aromatic carbocycles. The molecule has 162 valence electrons. The SMILES string of the molecule is COc1cc(CN2CCc3cc(F)c(Cn4ccn(C)c4=N)cc3C2=O)cc(OC)c1. The number of carbonyl (C=O) groups excluding carboxylic acids is 1. The number of hydrogen-bond donors (Lipinski definition) is 1. The average Bonchev–Trinajstić information content (AvgIpc) is 3.08. The number of imidazole rings is 1. The van der Waals surface area contributed by atoms with Crippen molar-refractivity contribution in [3.63, 3.8) is 0 Å². The summed E-state index contributed by atoms with van der Waals surface area (Å²) >= 11 is 0. The molecular weight excluding hydrogens is 399 g/mol. The van der Waals surface area contributed by atoms with Gasteiger partial charge in [-0.1, -0.05) is 0 Å². The third-order valence-corrected chi connectivity index (χ3v) is 5.64. The minimum Gasteiger partial charge on any atom is -0.497 e. The normalized spacial score (nSPS) is 13.3. The summed E-state index contributed by atoms with van der Waals surface area (Å²) in [5.41, 5.74) is 2.78. The molecule has 0 saturated carbocycles. The Morgan fingerprint density at radius 1 is 1.03 bits per heavy atom. The second-order valence-corrected chi connectivity index (χ2v) is 7.66. The van der Waals surface area contributed by atoms with Crippen molar-refractivity contribution in [2.75, 3.05) is 20.8 Å². The molecule has 0 spiro atoms. The maximum atomic E-state index is 14.7. The summed E-state index contributed by atoms with van der Waals surface area (Å²) in [4.78, 5) is 15.0. The van der Waals surface area contributed by atoms with E-state index in [4.69, 9.17) is 14.9 Å². The Morgan fingerprint density at radius 2 is 1.74 bits per heavy atom.